The Morgan fingerprint density at radius 1 is 0.762 bits per heavy atom. The topological polar surface area (TPSA) is 76.1 Å². The summed E-state index contributed by atoms with van der Waals surface area (Å²) in [4.78, 5) is 28.2. The smallest absolute Gasteiger partial charge is 0.295 e. The maximum atomic E-state index is 13.3. The van der Waals surface area contributed by atoms with E-state index in [0.29, 0.717) is 29.2 Å². The van der Waals surface area contributed by atoms with Gasteiger partial charge in [0.1, 0.15) is 5.76 Å². The number of carbonyl (C=O) groups is 2. The number of Topliss-reactive ketones (excluding diaryl/α,β-unsaturated/α-hetero) is 1. The van der Waals surface area contributed by atoms with Crippen molar-refractivity contribution in [1.82, 2.24) is 4.90 Å². The van der Waals surface area contributed by atoms with Crippen molar-refractivity contribution in [2.45, 2.75) is 103 Å². The van der Waals surface area contributed by atoms with E-state index in [0.717, 1.165) is 23.7 Å². The molecule has 7 heteroatoms. The van der Waals surface area contributed by atoms with Gasteiger partial charge in [-0.15, -0.1) is 0 Å². The Bertz CT molecular complexity index is 1180. The number of ketones is 1. The van der Waals surface area contributed by atoms with E-state index in [1.54, 1.807) is 55.5 Å². The fourth-order valence-corrected chi connectivity index (χ4v) is 5.98. The average Bonchev–Trinajstić information content (AvgIpc) is 3.25. The Hall–Kier alpha value is -2.80. The summed E-state index contributed by atoms with van der Waals surface area (Å²) in [5.74, 6) is -0.369. The highest BCUT2D eigenvalue weighted by Crippen LogP contribution is 2.42. The minimum absolute atomic E-state index is 0.0971. The molecule has 1 atom stereocenters. The zero-order chi connectivity index (χ0) is 30.3. The van der Waals surface area contributed by atoms with Crippen LogP contribution in [0.3, 0.4) is 0 Å². The SMILES string of the molecule is CCCCCCCCCCCCCCCCN1C(=O)C(=O)C(=C(O)c2ccc(Br)cc2)[C@H]1c1ccc(OC)c(OC)c1. The molecule has 0 aliphatic carbocycles. The molecule has 1 aliphatic rings. The summed E-state index contributed by atoms with van der Waals surface area (Å²) >= 11 is 3.41. The monoisotopic (exact) mass is 641 g/mol. The molecule has 2 aromatic carbocycles. The van der Waals surface area contributed by atoms with Gasteiger partial charge in [-0.3, -0.25) is 9.59 Å². The molecular weight excluding hydrogens is 594 g/mol. The first kappa shape index (κ1) is 33.7. The molecule has 0 saturated carbocycles. The van der Waals surface area contributed by atoms with Crippen LogP contribution in [-0.4, -0.2) is 42.5 Å². The van der Waals surface area contributed by atoms with Crippen molar-refractivity contribution < 1.29 is 24.2 Å². The number of amides is 1. The lowest BCUT2D eigenvalue weighted by molar-refractivity contribution is -0.139. The highest BCUT2D eigenvalue weighted by atomic mass is 79.9. The molecule has 1 aliphatic heterocycles. The van der Waals surface area contributed by atoms with Crippen molar-refractivity contribution in [3.63, 3.8) is 0 Å². The number of methoxy groups -OCH3 is 2. The van der Waals surface area contributed by atoms with Crippen molar-refractivity contribution in [2.24, 2.45) is 0 Å². The van der Waals surface area contributed by atoms with E-state index in [-0.39, 0.29) is 11.3 Å². The lowest BCUT2D eigenvalue weighted by atomic mass is 9.95. The summed E-state index contributed by atoms with van der Waals surface area (Å²) in [7, 11) is 3.11. The number of benzene rings is 2. The molecule has 0 aromatic heterocycles. The maximum absolute atomic E-state index is 13.3. The molecule has 0 radical (unpaired) electrons. The molecule has 1 fully saturated rings. The number of halogens is 1. The Kier molecular flexibility index (Phi) is 14.4. The molecule has 0 unspecified atom stereocenters. The number of carbonyl (C=O) groups excluding carboxylic acids is 2. The molecule has 0 spiro atoms. The van der Waals surface area contributed by atoms with E-state index >= 15 is 0 Å². The largest absolute Gasteiger partial charge is 0.507 e. The van der Waals surface area contributed by atoms with Crippen LogP contribution in [0.1, 0.15) is 114 Å². The Morgan fingerprint density at radius 2 is 1.29 bits per heavy atom. The third-order valence-corrected chi connectivity index (χ3v) is 8.66. The molecule has 3 rings (SSSR count). The summed E-state index contributed by atoms with van der Waals surface area (Å²) in [5, 5.41) is 11.3. The van der Waals surface area contributed by atoms with Crippen LogP contribution >= 0.6 is 15.9 Å². The predicted molar refractivity (Wildman–Crippen MR) is 173 cm³/mol. The van der Waals surface area contributed by atoms with Gasteiger partial charge in [0.25, 0.3) is 11.7 Å². The predicted octanol–water partition coefficient (Wildman–Crippen LogP) is 9.37. The Labute approximate surface area is 260 Å². The van der Waals surface area contributed by atoms with Crippen LogP contribution in [0.4, 0.5) is 0 Å². The molecule has 6 nitrogen and oxygen atoms in total. The van der Waals surface area contributed by atoms with Gasteiger partial charge in [0, 0.05) is 16.6 Å². The van der Waals surface area contributed by atoms with Gasteiger partial charge in [0.05, 0.1) is 25.8 Å². The maximum Gasteiger partial charge on any atom is 0.295 e. The average molecular weight is 643 g/mol. The molecule has 2 aromatic rings. The van der Waals surface area contributed by atoms with Crippen LogP contribution < -0.4 is 9.47 Å². The lowest BCUT2D eigenvalue weighted by Crippen LogP contribution is -2.30. The van der Waals surface area contributed by atoms with Gasteiger partial charge < -0.3 is 19.5 Å². The quantitative estimate of drug-likeness (QED) is 0.0715. The van der Waals surface area contributed by atoms with Crippen molar-refractivity contribution in [3.8, 4) is 11.5 Å². The van der Waals surface area contributed by atoms with Crippen LogP contribution in [0.25, 0.3) is 5.76 Å². The number of aliphatic hydroxyl groups excluding tert-OH is 1. The second kappa shape index (κ2) is 18.0. The summed E-state index contributed by atoms with van der Waals surface area (Å²) in [6.07, 6.45) is 17.5. The highest BCUT2D eigenvalue weighted by molar-refractivity contribution is 9.10. The second-order valence-electron chi connectivity index (χ2n) is 11.2. The first-order chi connectivity index (χ1) is 20.4. The Morgan fingerprint density at radius 3 is 1.81 bits per heavy atom. The number of aliphatic hydroxyl groups is 1. The van der Waals surface area contributed by atoms with Crippen molar-refractivity contribution in [2.75, 3.05) is 20.8 Å². The van der Waals surface area contributed by atoms with Crippen molar-refractivity contribution >= 4 is 33.4 Å². The number of hydrogen-bond donors (Lipinski definition) is 1. The van der Waals surface area contributed by atoms with Gasteiger partial charge in [0.15, 0.2) is 11.5 Å². The van der Waals surface area contributed by atoms with Crippen LogP contribution in [0.2, 0.25) is 0 Å². The third-order valence-electron chi connectivity index (χ3n) is 8.13. The number of nitrogens with zero attached hydrogens (tertiary/aromatic N) is 1. The first-order valence-corrected chi connectivity index (χ1v) is 16.5. The standard InChI is InChI=1S/C35H48BrNO5/c1-4-5-6-7-8-9-10-11-12-13-14-15-16-17-24-37-32(27-20-23-29(41-2)30(25-27)42-3)31(34(39)35(37)40)33(38)26-18-21-28(36)22-19-26/h18-23,25,32,38H,4-17,24H2,1-3H3/t32-/m1/s1. The van der Waals surface area contributed by atoms with Crippen molar-refractivity contribution in [3.05, 3.63) is 63.6 Å². The summed E-state index contributed by atoms with van der Waals surface area (Å²) < 4.78 is 11.8. The van der Waals surface area contributed by atoms with E-state index in [2.05, 4.69) is 22.9 Å². The third kappa shape index (κ3) is 9.35. The number of likely N-dealkylation sites (tertiary alicyclic amines) is 1. The number of rotatable bonds is 19. The molecule has 230 valence electrons. The summed E-state index contributed by atoms with van der Waals surface area (Å²) in [6, 6.07) is 11.7. The highest BCUT2D eigenvalue weighted by Gasteiger charge is 2.46. The van der Waals surface area contributed by atoms with Gasteiger partial charge in [-0.1, -0.05) is 125 Å². The molecule has 1 saturated heterocycles. The van der Waals surface area contributed by atoms with Gasteiger partial charge in [-0.05, 0) is 36.2 Å². The normalized spacial score (nSPS) is 16.3. The zero-order valence-electron chi connectivity index (χ0n) is 25.6. The van der Waals surface area contributed by atoms with E-state index in [4.69, 9.17) is 9.47 Å². The van der Waals surface area contributed by atoms with Gasteiger partial charge >= 0.3 is 0 Å². The minimum Gasteiger partial charge on any atom is -0.507 e. The second-order valence-corrected chi connectivity index (χ2v) is 12.1. The van der Waals surface area contributed by atoms with Crippen LogP contribution in [0.15, 0.2) is 52.5 Å². The fraction of sp³-hybridized carbons (Fsp3) is 0.543. The first-order valence-electron chi connectivity index (χ1n) is 15.7. The number of ether oxygens (including phenoxy) is 2. The number of unbranched alkanes of at least 4 members (excludes halogenated alkanes) is 13. The zero-order valence-corrected chi connectivity index (χ0v) is 27.2. The molecule has 42 heavy (non-hydrogen) atoms. The van der Waals surface area contributed by atoms with Gasteiger partial charge in [-0.2, -0.15) is 0 Å². The van der Waals surface area contributed by atoms with Crippen LogP contribution in [0.5, 0.6) is 11.5 Å². The summed E-state index contributed by atoms with van der Waals surface area (Å²) in [6.45, 7) is 2.70. The number of hydrogen-bond acceptors (Lipinski definition) is 5. The molecular formula is C35H48BrNO5. The van der Waals surface area contributed by atoms with E-state index in [1.165, 1.54) is 70.6 Å². The molecule has 0 bridgehead atoms. The molecule has 1 amide bonds. The van der Waals surface area contributed by atoms with Crippen LogP contribution in [-0.2, 0) is 9.59 Å². The van der Waals surface area contributed by atoms with Crippen molar-refractivity contribution in [1.29, 1.82) is 0 Å². The van der Waals surface area contributed by atoms with E-state index < -0.39 is 17.7 Å². The summed E-state index contributed by atoms with van der Waals surface area (Å²) in [5.41, 5.74) is 1.27. The lowest BCUT2D eigenvalue weighted by Gasteiger charge is -2.26. The molecule has 1 heterocycles. The molecule has 1 N–H and O–H groups in total. The fourth-order valence-electron chi connectivity index (χ4n) is 5.72. The van der Waals surface area contributed by atoms with Gasteiger partial charge in [-0.25, -0.2) is 0 Å². The van der Waals surface area contributed by atoms with E-state index in [9.17, 15) is 14.7 Å². The van der Waals surface area contributed by atoms with Gasteiger partial charge in [0.2, 0.25) is 0 Å². The van der Waals surface area contributed by atoms with Crippen LogP contribution in [0, 0.1) is 0 Å². The minimum atomic E-state index is -0.713. The van der Waals surface area contributed by atoms with E-state index in [1.807, 2.05) is 6.07 Å². The Balaban J connectivity index is 1.62.